The van der Waals surface area contributed by atoms with Crippen molar-refractivity contribution >= 4 is 17.3 Å². The van der Waals surface area contributed by atoms with Gasteiger partial charge in [-0.05, 0) is 25.1 Å². The zero-order chi connectivity index (χ0) is 19.3. The first-order valence-electron chi connectivity index (χ1n) is 7.98. The summed E-state index contributed by atoms with van der Waals surface area (Å²) in [6, 6.07) is 7.07. The fourth-order valence-electron chi connectivity index (χ4n) is 1.60. The second-order valence-corrected chi connectivity index (χ2v) is 4.83. The van der Waals surface area contributed by atoms with Crippen molar-refractivity contribution in [3.63, 3.8) is 0 Å². The number of nitrogens with one attached hydrogen (secondary N) is 1. The predicted molar refractivity (Wildman–Crippen MR) is 105 cm³/mol. The van der Waals surface area contributed by atoms with Crippen LogP contribution in [0.2, 0.25) is 5.02 Å². The van der Waals surface area contributed by atoms with Crippen molar-refractivity contribution in [3.05, 3.63) is 52.5 Å². The molecule has 0 bridgehead atoms. The average Bonchev–Trinajstić information content (AvgIpc) is 2.60. The number of halogens is 1. The van der Waals surface area contributed by atoms with Crippen molar-refractivity contribution in [3.8, 4) is 6.07 Å². The molecule has 1 rings (SSSR count). The van der Waals surface area contributed by atoms with E-state index in [1.54, 1.807) is 25.3 Å². The maximum atomic E-state index is 8.82. The third-order valence-corrected chi connectivity index (χ3v) is 3.17. The Morgan fingerprint density at radius 2 is 1.79 bits per heavy atom. The van der Waals surface area contributed by atoms with Gasteiger partial charge in [-0.15, -0.1) is 0 Å². The van der Waals surface area contributed by atoms with Crippen molar-refractivity contribution < 1.29 is 4.74 Å². The minimum Gasteiger partial charge on any atom is -0.493 e. The van der Waals surface area contributed by atoms with E-state index in [0.717, 1.165) is 5.70 Å². The highest BCUT2D eigenvalue weighted by atomic mass is 35.5. The molecular formula is C19H30ClN3O. The van der Waals surface area contributed by atoms with Gasteiger partial charge in [0.15, 0.2) is 5.76 Å². The Kier molecular flexibility index (Phi) is 13.4. The van der Waals surface area contributed by atoms with E-state index in [2.05, 4.69) is 11.9 Å². The van der Waals surface area contributed by atoms with Gasteiger partial charge < -0.3 is 15.0 Å². The molecule has 0 heterocycles. The van der Waals surface area contributed by atoms with Crippen LogP contribution in [0.25, 0.3) is 0 Å². The number of nitrogens with zero attached hydrogens (tertiary/aromatic N) is 2. The lowest BCUT2D eigenvalue weighted by molar-refractivity contribution is 0.282. The topological polar surface area (TPSA) is 48.3 Å². The molecule has 0 fully saturated rings. The Balaban J connectivity index is 0. The second kappa shape index (κ2) is 13.3. The second-order valence-electron chi connectivity index (χ2n) is 4.42. The van der Waals surface area contributed by atoms with E-state index < -0.39 is 0 Å². The van der Waals surface area contributed by atoms with Gasteiger partial charge in [-0.1, -0.05) is 45.9 Å². The minimum absolute atomic E-state index is 0.461. The summed E-state index contributed by atoms with van der Waals surface area (Å²) in [5.74, 6) is 0.649. The smallest absolute Gasteiger partial charge is 0.160 e. The fourth-order valence-corrected chi connectivity index (χ4v) is 1.83. The van der Waals surface area contributed by atoms with E-state index in [-0.39, 0.29) is 0 Å². The normalized spacial score (nSPS) is 9.83. The first-order valence-corrected chi connectivity index (χ1v) is 8.36. The van der Waals surface area contributed by atoms with Gasteiger partial charge in [0.05, 0.1) is 40.8 Å². The number of ether oxygens (including phenoxy) is 1. The summed E-state index contributed by atoms with van der Waals surface area (Å²) in [7, 11) is 5.45. The van der Waals surface area contributed by atoms with E-state index in [9.17, 15) is 0 Å². The maximum Gasteiger partial charge on any atom is 0.160 e. The van der Waals surface area contributed by atoms with Crippen molar-refractivity contribution in [2.45, 2.75) is 34.6 Å². The molecule has 0 aliphatic carbocycles. The molecule has 0 unspecified atom stereocenters. The molecule has 0 aliphatic heterocycles. The van der Waals surface area contributed by atoms with Gasteiger partial charge in [-0.25, -0.2) is 0 Å². The third kappa shape index (κ3) is 7.43. The van der Waals surface area contributed by atoms with Gasteiger partial charge in [0.25, 0.3) is 0 Å². The van der Waals surface area contributed by atoms with Gasteiger partial charge in [-0.2, -0.15) is 5.26 Å². The SMILES string of the molecule is C=C(Nc1ccc(C#N)cc1Cl)/C(OC)=C(/C)N(C)C.CC.CC. The molecule has 24 heavy (non-hydrogen) atoms. The summed E-state index contributed by atoms with van der Waals surface area (Å²) >= 11 is 6.12. The van der Waals surface area contributed by atoms with Crippen molar-refractivity contribution in [1.82, 2.24) is 4.90 Å². The van der Waals surface area contributed by atoms with Crippen molar-refractivity contribution in [2.24, 2.45) is 0 Å². The summed E-state index contributed by atoms with van der Waals surface area (Å²) in [4.78, 5) is 1.94. The zero-order valence-electron chi connectivity index (χ0n) is 16.1. The molecule has 0 spiro atoms. The number of rotatable bonds is 5. The molecule has 5 heteroatoms. The fraction of sp³-hybridized carbons (Fsp3) is 0.421. The number of anilines is 1. The van der Waals surface area contributed by atoms with Crippen LogP contribution in [0.5, 0.6) is 0 Å². The van der Waals surface area contributed by atoms with Crippen LogP contribution in [0.3, 0.4) is 0 Å². The monoisotopic (exact) mass is 351 g/mol. The Morgan fingerprint density at radius 1 is 1.25 bits per heavy atom. The maximum absolute atomic E-state index is 8.82. The highest BCUT2D eigenvalue weighted by Gasteiger charge is 2.11. The summed E-state index contributed by atoms with van der Waals surface area (Å²) in [5.41, 5.74) is 2.73. The van der Waals surface area contributed by atoms with Gasteiger partial charge >= 0.3 is 0 Å². The zero-order valence-corrected chi connectivity index (χ0v) is 16.9. The summed E-state index contributed by atoms with van der Waals surface area (Å²) < 4.78 is 5.37. The summed E-state index contributed by atoms with van der Waals surface area (Å²) in [5, 5.41) is 12.4. The quantitative estimate of drug-likeness (QED) is 0.551. The molecule has 0 atom stereocenters. The van der Waals surface area contributed by atoms with Gasteiger partial charge in [-0.3, -0.25) is 0 Å². The molecule has 0 radical (unpaired) electrons. The third-order valence-electron chi connectivity index (χ3n) is 2.86. The Morgan fingerprint density at radius 3 is 2.17 bits per heavy atom. The number of methoxy groups -OCH3 is 1. The lowest BCUT2D eigenvalue weighted by atomic mass is 10.2. The van der Waals surface area contributed by atoms with Crippen LogP contribution in [0, 0.1) is 11.3 Å². The van der Waals surface area contributed by atoms with Crippen LogP contribution < -0.4 is 5.32 Å². The Hall–Kier alpha value is -2.12. The van der Waals surface area contributed by atoms with Crippen molar-refractivity contribution in [1.29, 1.82) is 5.26 Å². The van der Waals surface area contributed by atoms with Gasteiger partial charge in [0.2, 0.25) is 0 Å². The van der Waals surface area contributed by atoms with E-state index in [1.165, 1.54) is 0 Å². The van der Waals surface area contributed by atoms with Crippen LogP contribution in [-0.4, -0.2) is 26.1 Å². The molecule has 0 aliphatic rings. The molecule has 0 saturated carbocycles. The molecule has 1 aromatic carbocycles. The van der Waals surface area contributed by atoms with Crippen LogP contribution in [0.1, 0.15) is 40.2 Å². The van der Waals surface area contributed by atoms with Crippen LogP contribution in [-0.2, 0) is 4.74 Å². The van der Waals surface area contributed by atoms with Gasteiger partial charge in [0, 0.05) is 14.1 Å². The predicted octanol–water partition coefficient (Wildman–Crippen LogP) is 5.63. The summed E-state index contributed by atoms with van der Waals surface area (Å²) in [6.45, 7) is 13.9. The Labute approximate surface area is 152 Å². The Bertz CT molecular complexity index is 587. The van der Waals surface area contributed by atoms with Crippen molar-refractivity contribution in [2.75, 3.05) is 26.5 Å². The number of hydrogen-bond acceptors (Lipinski definition) is 4. The molecule has 4 nitrogen and oxygen atoms in total. The molecule has 0 amide bonds. The van der Waals surface area contributed by atoms with E-state index in [0.29, 0.717) is 27.7 Å². The standard InChI is InChI=1S/C15H18ClN3O.2C2H6/c1-10(15(20-5)11(2)19(3)4)18-14-7-6-12(9-17)8-13(14)16;2*1-2/h6-8,18H,1H2,2-5H3;2*1-2H3/b15-11+;;. The molecule has 0 saturated heterocycles. The molecule has 1 N–H and O–H groups in total. The average molecular weight is 352 g/mol. The lowest BCUT2D eigenvalue weighted by Gasteiger charge is -2.20. The van der Waals surface area contributed by atoms with Crippen LogP contribution in [0.15, 0.2) is 41.9 Å². The molecular weight excluding hydrogens is 322 g/mol. The van der Waals surface area contributed by atoms with Gasteiger partial charge in [0.1, 0.15) is 0 Å². The lowest BCUT2D eigenvalue weighted by Crippen LogP contribution is -2.15. The van der Waals surface area contributed by atoms with E-state index in [1.807, 2.05) is 59.7 Å². The highest BCUT2D eigenvalue weighted by molar-refractivity contribution is 6.33. The number of allylic oxidation sites excluding steroid dienone is 1. The summed E-state index contributed by atoms with van der Waals surface area (Å²) in [6.07, 6.45) is 0. The molecule has 134 valence electrons. The first-order chi connectivity index (χ1) is 11.4. The van der Waals surface area contributed by atoms with E-state index in [4.69, 9.17) is 21.6 Å². The first kappa shape index (κ1) is 24.1. The van der Waals surface area contributed by atoms with Crippen LogP contribution >= 0.6 is 11.6 Å². The van der Waals surface area contributed by atoms with E-state index >= 15 is 0 Å². The molecule has 1 aromatic rings. The van der Waals surface area contributed by atoms with Crippen LogP contribution in [0.4, 0.5) is 5.69 Å². The minimum atomic E-state index is 0.461. The number of nitriles is 1. The number of benzene rings is 1. The highest BCUT2D eigenvalue weighted by Crippen LogP contribution is 2.26. The molecule has 0 aromatic heterocycles. The largest absolute Gasteiger partial charge is 0.493 e. The number of hydrogen-bond donors (Lipinski definition) is 1.